The van der Waals surface area contributed by atoms with E-state index in [1.165, 1.54) is 6.42 Å². The Bertz CT molecular complexity index is 244. The summed E-state index contributed by atoms with van der Waals surface area (Å²) in [4.78, 5) is 0. The SMILES string of the molecule is C1NC(CC2C3CC4CC(C3)CC2C4)CO1. The summed E-state index contributed by atoms with van der Waals surface area (Å²) in [7, 11) is 0. The van der Waals surface area contributed by atoms with Crippen LogP contribution in [0.3, 0.4) is 0 Å². The molecule has 1 N–H and O–H groups in total. The molecule has 1 unspecified atom stereocenters. The predicted molar refractivity (Wildman–Crippen MR) is 62.9 cm³/mol. The molecule has 1 heterocycles. The zero-order chi connectivity index (χ0) is 10.5. The lowest BCUT2D eigenvalue weighted by molar-refractivity contribution is -0.0428. The molecular formula is C14H23NO. The van der Waals surface area contributed by atoms with Crippen molar-refractivity contribution < 1.29 is 4.74 Å². The highest BCUT2D eigenvalue weighted by Gasteiger charge is 2.48. The fraction of sp³-hybridized carbons (Fsp3) is 1.00. The molecular weight excluding hydrogens is 198 g/mol. The van der Waals surface area contributed by atoms with Gasteiger partial charge in [0.2, 0.25) is 0 Å². The Hall–Kier alpha value is -0.0800. The van der Waals surface area contributed by atoms with Crippen molar-refractivity contribution in [3.8, 4) is 0 Å². The topological polar surface area (TPSA) is 21.3 Å². The molecule has 0 amide bonds. The summed E-state index contributed by atoms with van der Waals surface area (Å²) in [6.07, 6.45) is 9.21. The highest BCUT2D eigenvalue weighted by atomic mass is 16.5. The van der Waals surface area contributed by atoms with Crippen LogP contribution >= 0.6 is 0 Å². The Balaban J connectivity index is 1.47. The Labute approximate surface area is 98.1 Å². The van der Waals surface area contributed by atoms with Crippen molar-refractivity contribution in [1.82, 2.24) is 5.32 Å². The molecule has 1 saturated heterocycles. The van der Waals surface area contributed by atoms with Crippen LogP contribution < -0.4 is 5.32 Å². The first-order chi connectivity index (χ1) is 7.88. The van der Waals surface area contributed by atoms with E-state index >= 15 is 0 Å². The van der Waals surface area contributed by atoms with Crippen LogP contribution in [0.15, 0.2) is 0 Å². The third kappa shape index (κ3) is 1.53. The Morgan fingerprint density at radius 1 is 0.938 bits per heavy atom. The smallest absolute Gasteiger partial charge is 0.0968 e. The van der Waals surface area contributed by atoms with Gasteiger partial charge in [0, 0.05) is 6.04 Å². The number of ether oxygens (including phenoxy) is 1. The summed E-state index contributed by atoms with van der Waals surface area (Å²) >= 11 is 0. The van der Waals surface area contributed by atoms with E-state index in [0.29, 0.717) is 6.04 Å². The van der Waals surface area contributed by atoms with E-state index in [2.05, 4.69) is 5.32 Å². The molecule has 1 atom stereocenters. The molecule has 0 aromatic rings. The van der Waals surface area contributed by atoms with Crippen molar-refractivity contribution >= 4 is 0 Å². The van der Waals surface area contributed by atoms with Crippen LogP contribution in [0.1, 0.15) is 38.5 Å². The van der Waals surface area contributed by atoms with Gasteiger partial charge < -0.3 is 4.74 Å². The molecule has 1 aliphatic heterocycles. The molecule has 90 valence electrons. The summed E-state index contributed by atoms with van der Waals surface area (Å²) in [5, 5.41) is 3.49. The van der Waals surface area contributed by atoms with E-state index in [1.54, 1.807) is 32.1 Å². The Kier molecular flexibility index (Phi) is 2.29. The number of hydrogen-bond donors (Lipinski definition) is 1. The van der Waals surface area contributed by atoms with Crippen LogP contribution in [0.4, 0.5) is 0 Å². The van der Waals surface area contributed by atoms with E-state index in [0.717, 1.165) is 42.9 Å². The molecule has 2 heteroatoms. The van der Waals surface area contributed by atoms with Gasteiger partial charge in [-0.1, -0.05) is 0 Å². The number of nitrogens with one attached hydrogen (secondary N) is 1. The van der Waals surface area contributed by atoms with Gasteiger partial charge in [-0.3, -0.25) is 5.32 Å². The third-order valence-electron chi connectivity index (χ3n) is 5.77. The van der Waals surface area contributed by atoms with E-state index in [1.807, 2.05) is 0 Å². The lowest BCUT2D eigenvalue weighted by Crippen LogP contribution is -2.47. The number of hydrogen-bond acceptors (Lipinski definition) is 2. The minimum Gasteiger partial charge on any atom is -0.365 e. The van der Waals surface area contributed by atoms with E-state index in [4.69, 9.17) is 4.74 Å². The molecule has 4 bridgehead atoms. The maximum absolute atomic E-state index is 5.44. The van der Waals surface area contributed by atoms with Gasteiger partial charge in [0.05, 0.1) is 13.3 Å². The summed E-state index contributed by atoms with van der Waals surface area (Å²) in [6.45, 7) is 1.75. The molecule has 0 aromatic carbocycles. The summed E-state index contributed by atoms with van der Waals surface area (Å²) in [6, 6.07) is 0.669. The fourth-order valence-corrected chi connectivity index (χ4v) is 5.34. The van der Waals surface area contributed by atoms with Crippen molar-refractivity contribution in [3.05, 3.63) is 0 Å². The van der Waals surface area contributed by atoms with Gasteiger partial charge >= 0.3 is 0 Å². The van der Waals surface area contributed by atoms with Gasteiger partial charge in [0.25, 0.3) is 0 Å². The summed E-state index contributed by atoms with van der Waals surface area (Å²) < 4.78 is 5.44. The van der Waals surface area contributed by atoms with Crippen LogP contribution in [0, 0.1) is 29.6 Å². The lowest BCUT2D eigenvalue weighted by atomic mass is 9.51. The zero-order valence-corrected chi connectivity index (χ0v) is 10.0. The molecule has 0 spiro atoms. The normalized spacial score (nSPS) is 54.8. The first-order valence-corrected chi connectivity index (χ1v) is 7.19. The largest absolute Gasteiger partial charge is 0.365 e. The van der Waals surface area contributed by atoms with Gasteiger partial charge in [0.1, 0.15) is 0 Å². The standard InChI is InChI=1S/C14H23NO/c1-9-2-11-4-10(1)5-12(3-9)14(11)6-13-7-16-8-15-13/h9-15H,1-8H2. The van der Waals surface area contributed by atoms with Crippen LogP contribution in [0.2, 0.25) is 0 Å². The minimum atomic E-state index is 0.669. The Morgan fingerprint density at radius 2 is 1.62 bits per heavy atom. The molecule has 5 rings (SSSR count). The first-order valence-electron chi connectivity index (χ1n) is 7.19. The third-order valence-corrected chi connectivity index (χ3v) is 5.77. The van der Waals surface area contributed by atoms with E-state index < -0.39 is 0 Å². The molecule has 0 radical (unpaired) electrons. The molecule has 5 fully saturated rings. The van der Waals surface area contributed by atoms with Gasteiger partial charge in [-0.05, 0) is 68.1 Å². The van der Waals surface area contributed by atoms with Gasteiger partial charge in [-0.2, -0.15) is 0 Å². The maximum atomic E-state index is 5.44. The van der Waals surface area contributed by atoms with E-state index in [9.17, 15) is 0 Å². The average molecular weight is 221 g/mol. The number of rotatable bonds is 2. The molecule has 16 heavy (non-hydrogen) atoms. The molecule has 0 aromatic heterocycles. The summed E-state index contributed by atoms with van der Waals surface area (Å²) in [5.74, 6) is 5.43. The van der Waals surface area contributed by atoms with Crippen LogP contribution in [-0.2, 0) is 4.74 Å². The predicted octanol–water partition coefficient (Wildman–Crippen LogP) is 2.39. The monoisotopic (exact) mass is 221 g/mol. The van der Waals surface area contributed by atoms with Gasteiger partial charge in [-0.25, -0.2) is 0 Å². The van der Waals surface area contributed by atoms with Crippen LogP contribution in [0.5, 0.6) is 0 Å². The average Bonchev–Trinajstić information content (AvgIpc) is 2.75. The zero-order valence-electron chi connectivity index (χ0n) is 10.0. The Morgan fingerprint density at radius 3 is 2.19 bits per heavy atom. The maximum Gasteiger partial charge on any atom is 0.0968 e. The van der Waals surface area contributed by atoms with Gasteiger partial charge in [0.15, 0.2) is 0 Å². The van der Waals surface area contributed by atoms with Crippen molar-refractivity contribution in [2.75, 3.05) is 13.3 Å². The van der Waals surface area contributed by atoms with Gasteiger partial charge in [-0.15, -0.1) is 0 Å². The van der Waals surface area contributed by atoms with Crippen LogP contribution in [-0.4, -0.2) is 19.4 Å². The molecule has 2 nitrogen and oxygen atoms in total. The molecule has 4 saturated carbocycles. The second-order valence-electron chi connectivity index (χ2n) is 6.75. The van der Waals surface area contributed by atoms with Crippen molar-refractivity contribution in [3.63, 3.8) is 0 Å². The van der Waals surface area contributed by atoms with Crippen molar-refractivity contribution in [1.29, 1.82) is 0 Å². The molecule has 5 aliphatic rings. The van der Waals surface area contributed by atoms with Crippen molar-refractivity contribution in [2.24, 2.45) is 29.6 Å². The minimum absolute atomic E-state index is 0.669. The lowest BCUT2D eigenvalue weighted by Gasteiger charge is -2.55. The van der Waals surface area contributed by atoms with E-state index in [-0.39, 0.29) is 0 Å². The van der Waals surface area contributed by atoms with Crippen molar-refractivity contribution in [2.45, 2.75) is 44.6 Å². The highest BCUT2D eigenvalue weighted by molar-refractivity contribution is 4.99. The fourth-order valence-electron chi connectivity index (χ4n) is 5.34. The molecule has 4 aliphatic carbocycles. The highest BCUT2D eigenvalue weighted by Crippen LogP contribution is 2.57. The first kappa shape index (κ1) is 9.90. The van der Waals surface area contributed by atoms with Crippen LogP contribution in [0.25, 0.3) is 0 Å². The second-order valence-corrected chi connectivity index (χ2v) is 6.75. The summed E-state index contributed by atoms with van der Waals surface area (Å²) in [5.41, 5.74) is 0. The quantitative estimate of drug-likeness (QED) is 0.773. The second kappa shape index (κ2) is 3.71.